The standard InChI is InChI=1S/C15H14N2O5/c18-11-6-7-5-10(11)13-12(7)14(19)16(15(13)20)8-1-3-9(4-2-8)17(21)22/h1-4,7,10-13,18H,5-6H2. The van der Waals surface area contributed by atoms with E-state index in [-0.39, 0.29) is 35.3 Å². The summed E-state index contributed by atoms with van der Waals surface area (Å²) in [6.07, 6.45) is 0.820. The molecule has 2 bridgehead atoms. The van der Waals surface area contributed by atoms with Crippen molar-refractivity contribution in [3.05, 3.63) is 34.4 Å². The number of nitro benzene ring substituents is 1. The van der Waals surface area contributed by atoms with Crippen LogP contribution in [0.1, 0.15) is 12.8 Å². The minimum atomic E-state index is -0.525. The Morgan fingerprint density at radius 1 is 1.09 bits per heavy atom. The Balaban J connectivity index is 1.68. The minimum absolute atomic E-state index is 0.0736. The third kappa shape index (κ3) is 1.60. The molecule has 1 aromatic rings. The average molecular weight is 302 g/mol. The van der Waals surface area contributed by atoms with Crippen molar-refractivity contribution in [3.63, 3.8) is 0 Å². The summed E-state index contributed by atoms with van der Waals surface area (Å²) in [5.41, 5.74) is 0.280. The first-order chi connectivity index (χ1) is 10.5. The van der Waals surface area contributed by atoms with E-state index in [1.807, 2.05) is 0 Å². The number of amides is 2. The number of anilines is 1. The predicted octanol–water partition coefficient (Wildman–Crippen LogP) is 1.10. The lowest BCUT2D eigenvalue weighted by molar-refractivity contribution is -0.384. The summed E-state index contributed by atoms with van der Waals surface area (Å²) in [7, 11) is 0. The third-order valence-electron chi connectivity index (χ3n) is 5.30. The van der Waals surface area contributed by atoms with Crippen LogP contribution in [0.25, 0.3) is 0 Å². The zero-order chi connectivity index (χ0) is 15.6. The molecule has 22 heavy (non-hydrogen) atoms. The van der Waals surface area contributed by atoms with Crippen molar-refractivity contribution in [2.75, 3.05) is 4.90 Å². The number of hydrogen-bond acceptors (Lipinski definition) is 5. The van der Waals surface area contributed by atoms with Gasteiger partial charge in [-0.2, -0.15) is 0 Å². The number of non-ortho nitro benzene ring substituents is 1. The van der Waals surface area contributed by atoms with Gasteiger partial charge in [-0.3, -0.25) is 24.6 Å². The molecule has 3 aliphatic rings. The summed E-state index contributed by atoms with van der Waals surface area (Å²) in [4.78, 5) is 36.5. The van der Waals surface area contributed by atoms with Gasteiger partial charge in [0.15, 0.2) is 0 Å². The van der Waals surface area contributed by atoms with E-state index < -0.39 is 16.9 Å². The molecule has 5 atom stereocenters. The largest absolute Gasteiger partial charge is 0.393 e. The second-order valence-electron chi connectivity index (χ2n) is 6.30. The van der Waals surface area contributed by atoms with Gasteiger partial charge in [0.05, 0.1) is 28.6 Å². The molecular formula is C15H14N2O5. The first-order valence-corrected chi connectivity index (χ1v) is 7.29. The normalized spacial score (nSPS) is 36.0. The number of carbonyl (C=O) groups is 2. The molecule has 114 valence electrons. The molecule has 2 aliphatic carbocycles. The van der Waals surface area contributed by atoms with Crippen LogP contribution in [-0.4, -0.2) is 27.9 Å². The lowest BCUT2D eigenvalue weighted by atomic mass is 9.80. The van der Waals surface area contributed by atoms with E-state index >= 15 is 0 Å². The fourth-order valence-corrected chi connectivity index (χ4v) is 4.40. The number of aliphatic hydroxyl groups is 1. The van der Waals surface area contributed by atoms with E-state index in [0.717, 1.165) is 11.3 Å². The van der Waals surface area contributed by atoms with Crippen molar-refractivity contribution in [3.8, 4) is 0 Å². The summed E-state index contributed by atoms with van der Waals surface area (Å²) in [5, 5.41) is 20.7. The number of benzene rings is 1. The van der Waals surface area contributed by atoms with Gasteiger partial charge in [-0.05, 0) is 36.8 Å². The molecule has 1 aromatic carbocycles. The van der Waals surface area contributed by atoms with Gasteiger partial charge in [0.1, 0.15) is 0 Å². The Morgan fingerprint density at radius 3 is 2.36 bits per heavy atom. The Hall–Kier alpha value is -2.28. The SMILES string of the molecule is O=C1C2C3CC(O)C(C3)C2C(=O)N1c1ccc([N+](=O)[O-])cc1. The zero-order valence-corrected chi connectivity index (χ0v) is 11.6. The van der Waals surface area contributed by atoms with Crippen LogP contribution in [0.5, 0.6) is 0 Å². The second-order valence-corrected chi connectivity index (χ2v) is 6.30. The maximum absolute atomic E-state index is 12.6. The highest BCUT2D eigenvalue weighted by Crippen LogP contribution is 2.56. The van der Waals surface area contributed by atoms with Crippen LogP contribution in [0.3, 0.4) is 0 Å². The second kappa shape index (κ2) is 4.36. The number of aliphatic hydroxyl groups excluding tert-OH is 1. The van der Waals surface area contributed by atoms with Crippen molar-refractivity contribution in [2.45, 2.75) is 18.9 Å². The molecule has 5 unspecified atom stereocenters. The lowest BCUT2D eigenvalue weighted by Gasteiger charge is -2.24. The highest BCUT2D eigenvalue weighted by molar-refractivity contribution is 6.22. The van der Waals surface area contributed by atoms with Crippen LogP contribution in [-0.2, 0) is 9.59 Å². The number of nitro groups is 1. The third-order valence-corrected chi connectivity index (χ3v) is 5.30. The summed E-state index contributed by atoms with van der Waals surface area (Å²) < 4.78 is 0. The molecule has 7 nitrogen and oxygen atoms in total. The number of imide groups is 1. The van der Waals surface area contributed by atoms with E-state index in [0.29, 0.717) is 12.1 Å². The van der Waals surface area contributed by atoms with E-state index in [4.69, 9.17) is 0 Å². The van der Waals surface area contributed by atoms with Gasteiger partial charge in [0.2, 0.25) is 11.8 Å². The topological polar surface area (TPSA) is 101 Å². The maximum Gasteiger partial charge on any atom is 0.269 e. The van der Waals surface area contributed by atoms with Crippen LogP contribution in [0.4, 0.5) is 11.4 Å². The predicted molar refractivity (Wildman–Crippen MR) is 74.8 cm³/mol. The molecule has 1 heterocycles. The lowest BCUT2D eigenvalue weighted by Crippen LogP contribution is -2.34. The van der Waals surface area contributed by atoms with Crippen LogP contribution >= 0.6 is 0 Å². The van der Waals surface area contributed by atoms with Gasteiger partial charge in [0, 0.05) is 12.1 Å². The monoisotopic (exact) mass is 302 g/mol. The molecular weight excluding hydrogens is 288 g/mol. The van der Waals surface area contributed by atoms with Gasteiger partial charge >= 0.3 is 0 Å². The molecule has 7 heteroatoms. The Labute approximate surface area is 125 Å². The van der Waals surface area contributed by atoms with Crippen LogP contribution in [0.15, 0.2) is 24.3 Å². The number of nitrogens with zero attached hydrogens (tertiary/aromatic N) is 2. The van der Waals surface area contributed by atoms with Crippen LogP contribution < -0.4 is 4.90 Å². The number of rotatable bonds is 2. The first kappa shape index (κ1) is 13.4. The molecule has 1 aliphatic heterocycles. The Morgan fingerprint density at radius 2 is 1.73 bits per heavy atom. The van der Waals surface area contributed by atoms with Gasteiger partial charge in [-0.1, -0.05) is 0 Å². The van der Waals surface area contributed by atoms with Gasteiger partial charge in [-0.25, -0.2) is 0 Å². The number of hydrogen-bond donors (Lipinski definition) is 1. The highest BCUT2D eigenvalue weighted by atomic mass is 16.6. The fourth-order valence-electron chi connectivity index (χ4n) is 4.40. The molecule has 0 radical (unpaired) electrons. The molecule has 2 amide bonds. The minimum Gasteiger partial charge on any atom is -0.393 e. The summed E-state index contributed by atoms with van der Waals surface area (Å²) in [5.74, 6) is -1.34. The molecule has 0 aromatic heterocycles. The molecule has 1 saturated heterocycles. The van der Waals surface area contributed by atoms with Gasteiger partial charge in [-0.15, -0.1) is 0 Å². The summed E-state index contributed by atoms with van der Waals surface area (Å²) in [6, 6.07) is 5.42. The molecule has 4 rings (SSSR count). The highest BCUT2D eigenvalue weighted by Gasteiger charge is 2.63. The molecule has 2 saturated carbocycles. The molecule has 1 N–H and O–H groups in total. The van der Waals surface area contributed by atoms with E-state index in [1.165, 1.54) is 24.3 Å². The van der Waals surface area contributed by atoms with Crippen LogP contribution in [0, 0.1) is 33.8 Å². The van der Waals surface area contributed by atoms with E-state index in [9.17, 15) is 24.8 Å². The van der Waals surface area contributed by atoms with Crippen molar-refractivity contribution in [2.24, 2.45) is 23.7 Å². The van der Waals surface area contributed by atoms with Crippen molar-refractivity contribution >= 4 is 23.2 Å². The van der Waals surface area contributed by atoms with E-state index in [2.05, 4.69) is 0 Å². The fraction of sp³-hybridized carbons (Fsp3) is 0.467. The quantitative estimate of drug-likeness (QED) is 0.501. The Kier molecular flexibility index (Phi) is 2.65. The summed E-state index contributed by atoms with van der Waals surface area (Å²) in [6.45, 7) is 0. The summed E-state index contributed by atoms with van der Waals surface area (Å²) >= 11 is 0. The molecule has 3 fully saturated rings. The molecule has 0 spiro atoms. The van der Waals surface area contributed by atoms with E-state index in [1.54, 1.807) is 0 Å². The maximum atomic E-state index is 12.6. The van der Waals surface area contributed by atoms with Gasteiger partial charge in [0.25, 0.3) is 5.69 Å². The van der Waals surface area contributed by atoms with Crippen LogP contribution in [0.2, 0.25) is 0 Å². The van der Waals surface area contributed by atoms with Gasteiger partial charge < -0.3 is 5.11 Å². The smallest absolute Gasteiger partial charge is 0.269 e. The Bertz CT molecular complexity index is 686. The van der Waals surface area contributed by atoms with Crippen molar-refractivity contribution < 1.29 is 19.6 Å². The number of fused-ring (bicyclic) bond motifs is 5. The zero-order valence-electron chi connectivity index (χ0n) is 11.6. The van der Waals surface area contributed by atoms with Crippen molar-refractivity contribution in [1.82, 2.24) is 0 Å². The number of carbonyl (C=O) groups excluding carboxylic acids is 2. The first-order valence-electron chi connectivity index (χ1n) is 7.29. The average Bonchev–Trinajstić information content (AvgIpc) is 3.11. The van der Waals surface area contributed by atoms with Crippen molar-refractivity contribution in [1.29, 1.82) is 0 Å².